The summed E-state index contributed by atoms with van der Waals surface area (Å²) in [4.78, 5) is 16.6. The molecule has 1 amide bonds. The van der Waals surface area contributed by atoms with E-state index in [2.05, 4.69) is 10.3 Å². The van der Waals surface area contributed by atoms with Gasteiger partial charge in [-0.15, -0.1) is 0 Å². The van der Waals surface area contributed by atoms with Gasteiger partial charge in [0.05, 0.1) is 0 Å². The third-order valence-corrected chi connectivity index (χ3v) is 3.48. The van der Waals surface area contributed by atoms with Crippen molar-refractivity contribution in [2.75, 3.05) is 12.1 Å². The number of amides is 1. The monoisotopic (exact) mass is 295 g/mol. The first-order valence-corrected chi connectivity index (χ1v) is 6.85. The molecule has 0 saturated heterocycles. The molecular weight excluding hydrogens is 282 g/mol. The van der Waals surface area contributed by atoms with Crippen LogP contribution in [0.25, 0.3) is 5.65 Å². The lowest BCUT2D eigenvalue weighted by Gasteiger charge is -2.04. The summed E-state index contributed by atoms with van der Waals surface area (Å²) in [6.45, 7) is 2.19. The third-order valence-electron chi connectivity index (χ3n) is 3.48. The summed E-state index contributed by atoms with van der Waals surface area (Å²) < 4.78 is 12.4. The molecule has 1 N–H and O–H groups in total. The van der Waals surface area contributed by atoms with Crippen molar-refractivity contribution in [1.29, 1.82) is 0 Å². The van der Waals surface area contributed by atoms with E-state index in [0.29, 0.717) is 22.9 Å². The number of nitrogens with zero attached hydrogens (tertiary/aromatic N) is 2. The summed E-state index contributed by atoms with van der Waals surface area (Å²) in [5.41, 5.74) is 2.85. The molecule has 0 saturated carbocycles. The molecule has 3 heterocycles. The van der Waals surface area contributed by atoms with Gasteiger partial charge < -0.3 is 19.2 Å². The van der Waals surface area contributed by atoms with Crippen LogP contribution in [-0.2, 0) is 0 Å². The fourth-order valence-corrected chi connectivity index (χ4v) is 2.36. The molecule has 110 valence electrons. The predicted molar refractivity (Wildman–Crippen MR) is 80.4 cm³/mol. The Labute approximate surface area is 126 Å². The van der Waals surface area contributed by atoms with Crippen LogP contribution >= 0.6 is 0 Å². The Hall–Kier alpha value is -3.02. The number of imidazole rings is 1. The molecule has 6 heteroatoms. The molecule has 0 atom stereocenters. The Morgan fingerprint density at radius 2 is 2.09 bits per heavy atom. The number of aromatic nitrogens is 2. The van der Waals surface area contributed by atoms with Crippen LogP contribution in [0.15, 0.2) is 42.7 Å². The Kier molecular flexibility index (Phi) is 2.75. The van der Waals surface area contributed by atoms with Gasteiger partial charge in [-0.3, -0.25) is 4.79 Å². The van der Waals surface area contributed by atoms with Crippen LogP contribution in [0.5, 0.6) is 11.5 Å². The average Bonchev–Trinajstić information content (AvgIpc) is 3.12. The van der Waals surface area contributed by atoms with E-state index in [1.807, 2.05) is 29.7 Å². The number of aryl methyl sites for hydroxylation is 1. The van der Waals surface area contributed by atoms with Crippen LogP contribution in [-0.4, -0.2) is 22.1 Å². The number of pyridine rings is 1. The second kappa shape index (κ2) is 4.77. The number of carbonyl (C=O) groups excluding carboxylic acids is 1. The lowest BCUT2D eigenvalue weighted by atomic mass is 10.2. The van der Waals surface area contributed by atoms with Gasteiger partial charge in [0.1, 0.15) is 11.3 Å². The molecule has 2 aromatic heterocycles. The average molecular weight is 295 g/mol. The van der Waals surface area contributed by atoms with Gasteiger partial charge in [0.2, 0.25) is 6.79 Å². The van der Waals surface area contributed by atoms with Crippen molar-refractivity contribution in [2.45, 2.75) is 6.92 Å². The zero-order chi connectivity index (χ0) is 15.1. The summed E-state index contributed by atoms with van der Waals surface area (Å²) >= 11 is 0. The number of nitrogens with one attached hydrogen (secondary N) is 1. The van der Waals surface area contributed by atoms with Gasteiger partial charge in [-0.2, -0.15) is 0 Å². The molecule has 4 rings (SSSR count). The molecule has 22 heavy (non-hydrogen) atoms. The first-order chi connectivity index (χ1) is 10.7. The minimum absolute atomic E-state index is 0.207. The first kappa shape index (κ1) is 12.7. The summed E-state index contributed by atoms with van der Waals surface area (Å²) in [5.74, 6) is 1.05. The maximum absolute atomic E-state index is 12.3. The number of anilines is 1. The second-order valence-electron chi connectivity index (χ2n) is 5.12. The Morgan fingerprint density at radius 3 is 3.00 bits per heavy atom. The maximum atomic E-state index is 12.3. The summed E-state index contributed by atoms with van der Waals surface area (Å²) in [5, 5.41) is 2.81. The number of ether oxygens (including phenoxy) is 2. The summed E-state index contributed by atoms with van der Waals surface area (Å²) in [6.07, 6.45) is 3.59. The zero-order valence-electron chi connectivity index (χ0n) is 11.9. The quantitative estimate of drug-likeness (QED) is 0.789. The predicted octanol–water partition coefficient (Wildman–Crippen LogP) is 2.62. The minimum atomic E-state index is -0.264. The van der Waals surface area contributed by atoms with Crippen molar-refractivity contribution in [3.8, 4) is 11.5 Å². The normalized spacial score (nSPS) is 12.6. The Bertz CT molecular complexity index is 885. The molecule has 3 aromatic rings. The molecule has 0 spiro atoms. The van der Waals surface area contributed by atoms with Crippen molar-refractivity contribution in [3.63, 3.8) is 0 Å². The van der Waals surface area contributed by atoms with Crippen LogP contribution < -0.4 is 14.8 Å². The highest BCUT2D eigenvalue weighted by atomic mass is 16.7. The van der Waals surface area contributed by atoms with E-state index in [9.17, 15) is 4.79 Å². The number of hydrogen-bond donors (Lipinski definition) is 1. The highest BCUT2D eigenvalue weighted by Crippen LogP contribution is 2.34. The number of benzene rings is 1. The van der Waals surface area contributed by atoms with Gasteiger partial charge >= 0.3 is 0 Å². The third kappa shape index (κ3) is 2.14. The van der Waals surface area contributed by atoms with E-state index in [4.69, 9.17) is 9.47 Å². The summed E-state index contributed by atoms with van der Waals surface area (Å²) in [6, 6.07) is 9.17. The number of rotatable bonds is 2. The smallest absolute Gasteiger partial charge is 0.275 e. The van der Waals surface area contributed by atoms with Crippen LogP contribution in [0, 0.1) is 6.92 Å². The van der Waals surface area contributed by atoms with Gasteiger partial charge in [-0.1, -0.05) is 0 Å². The van der Waals surface area contributed by atoms with Gasteiger partial charge in [0.15, 0.2) is 11.5 Å². The SMILES string of the molecule is Cc1ccn2cc(C(=O)Nc3ccc4c(c3)OCO4)nc2c1. The molecule has 0 radical (unpaired) electrons. The van der Waals surface area contributed by atoms with Crippen molar-refractivity contribution < 1.29 is 14.3 Å². The first-order valence-electron chi connectivity index (χ1n) is 6.85. The largest absolute Gasteiger partial charge is 0.454 e. The number of carbonyl (C=O) groups is 1. The zero-order valence-corrected chi connectivity index (χ0v) is 11.9. The topological polar surface area (TPSA) is 64.9 Å². The Morgan fingerprint density at radius 1 is 1.23 bits per heavy atom. The van der Waals surface area contributed by atoms with E-state index in [1.54, 1.807) is 24.4 Å². The molecule has 0 unspecified atom stereocenters. The molecule has 1 aliphatic rings. The van der Waals surface area contributed by atoms with Gasteiger partial charge in [-0.25, -0.2) is 4.98 Å². The van der Waals surface area contributed by atoms with E-state index in [-0.39, 0.29) is 12.7 Å². The fourth-order valence-electron chi connectivity index (χ4n) is 2.36. The Balaban J connectivity index is 1.60. The maximum Gasteiger partial charge on any atom is 0.275 e. The number of hydrogen-bond acceptors (Lipinski definition) is 4. The lowest BCUT2D eigenvalue weighted by Crippen LogP contribution is -2.12. The highest BCUT2D eigenvalue weighted by Gasteiger charge is 2.16. The molecule has 6 nitrogen and oxygen atoms in total. The lowest BCUT2D eigenvalue weighted by molar-refractivity contribution is 0.102. The van der Waals surface area contributed by atoms with Gasteiger partial charge in [-0.05, 0) is 36.8 Å². The molecule has 0 aliphatic carbocycles. The van der Waals surface area contributed by atoms with Crippen molar-refractivity contribution >= 4 is 17.2 Å². The van der Waals surface area contributed by atoms with E-state index in [0.717, 1.165) is 11.2 Å². The van der Waals surface area contributed by atoms with Gasteiger partial charge in [0.25, 0.3) is 5.91 Å². The van der Waals surface area contributed by atoms with E-state index >= 15 is 0 Å². The van der Waals surface area contributed by atoms with Crippen LogP contribution in [0.4, 0.5) is 5.69 Å². The van der Waals surface area contributed by atoms with Crippen LogP contribution in [0.3, 0.4) is 0 Å². The van der Waals surface area contributed by atoms with Crippen molar-refractivity contribution in [2.24, 2.45) is 0 Å². The van der Waals surface area contributed by atoms with Crippen molar-refractivity contribution in [3.05, 3.63) is 54.0 Å². The highest BCUT2D eigenvalue weighted by molar-refractivity contribution is 6.03. The minimum Gasteiger partial charge on any atom is -0.454 e. The molecule has 0 bridgehead atoms. The van der Waals surface area contributed by atoms with E-state index in [1.165, 1.54) is 0 Å². The van der Waals surface area contributed by atoms with Crippen LogP contribution in [0.2, 0.25) is 0 Å². The van der Waals surface area contributed by atoms with Crippen LogP contribution in [0.1, 0.15) is 16.1 Å². The molecule has 0 fully saturated rings. The second-order valence-corrected chi connectivity index (χ2v) is 5.12. The molecule has 1 aromatic carbocycles. The fraction of sp³-hybridized carbons (Fsp3) is 0.125. The van der Waals surface area contributed by atoms with Gasteiger partial charge in [0, 0.05) is 24.1 Å². The van der Waals surface area contributed by atoms with Crippen molar-refractivity contribution in [1.82, 2.24) is 9.38 Å². The molecule has 1 aliphatic heterocycles. The molecular formula is C16H13N3O3. The summed E-state index contributed by atoms with van der Waals surface area (Å²) in [7, 11) is 0. The standard InChI is InChI=1S/C16H13N3O3/c1-10-4-5-19-8-12(18-15(19)6-10)16(20)17-11-2-3-13-14(7-11)22-9-21-13/h2-8H,9H2,1H3,(H,17,20). The van der Waals surface area contributed by atoms with E-state index < -0.39 is 0 Å². The number of fused-ring (bicyclic) bond motifs is 2.